The number of ether oxygens (including phenoxy) is 1. The molecular formula is C15H18ClNO4. The molecule has 0 unspecified atom stereocenters. The molecule has 0 aliphatic heterocycles. The molecule has 21 heavy (non-hydrogen) atoms. The van der Waals surface area contributed by atoms with E-state index < -0.39 is 11.5 Å². The van der Waals surface area contributed by atoms with Crippen molar-refractivity contribution in [3.8, 4) is 5.75 Å². The molecule has 2 N–H and O–H groups in total. The van der Waals surface area contributed by atoms with Crippen LogP contribution >= 0.6 is 11.6 Å². The molecule has 0 bridgehead atoms. The number of carboxylic acids is 1. The Labute approximate surface area is 128 Å². The molecule has 1 aliphatic rings. The van der Waals surface area contributed by atoms with Crippen molar-refractivity contribution in [1.29, 1.82) is 0 Å². The highest BCUT2D eigenvalue weighted by Crippen LogP contribution is 2.30. The van der Waals surface area contributed by atoms with Crippen molar-refractivity contribution in [2.24, 2.45) is 0 Å². The summed E-state index contributed by atoms with van der Waals surface area (Å²) in [4.78, 5) is 23.5. The highest BCUT2D eigenvalue weighted by Gasteiger charge is 2.42. The van der Waals surface area contributed by atoms with Gasteiger partial charge in [-0.25, -0.2) is 4.79 Å². The van der Waals surface area contributed by atoms with Crippen LogP contribution in [0.2, 0.25) is 5.02 Å². The minimum absolute atomic E-state index is 0.0534. The Morgan fingerprint density at radius 3 is 2.57 bits per heavy atom. The number of hydrogen-bond acceptors (Lipinski definition) is 3. The van der Waals surface area contributed by atoms with E-state index in [9.17, 15) is 14.7 Å². The molecule has 1 saturated carbocycles. The van der Waals surface area contributed by atoms with Crippen LogP contribution < -0.4 is 10.1 Å². The Hall–Kier alpha value is -1.75. The maximum Gasteiger partial charge on any atom is 0.329 e. The molecule has 0 spiro atoms. The van der Waals surface area contributed by atoms with E-state index in [1.54, 1.807) is 18.2 Å². The Morgan fingerprint density at radius 1 is 1.38 bits per heavy atom. The normalized spacial score (nSPS) is 16.5. The van der Waals surface area contributed by atoms with Crippen LogP contribution in [0.25, 0.3) is 0 Å². The van der Waals surface area contributed by atoms with Crippen LogP contribution in [0, 0.1) is 0 Å². The lowest BCUT2D eigenvalue weighted by Gasteiger charge is -2.25. The molecule has 0 atom stereocenters. The zero-order chi connectivity index (χ0) is 15.5. The van der Waals surface area contributed by atoms with Crippen LogP contribution in [-0.4, -0.2) is 29.6 Å². The minimum atomic E-state index is -1.12. The number of halogens is 1. The van der Waals surface area contributed by atoms with E-state index in [1.165, 1.54) is 7.11 Å². The monoisotopic (exact) mass is 311 g/mol. The smallest absolute Gasteiger partial charge is 0.329 e. The first kappa shape index (κ1) is 15.6. The average molecular weight is 312 g/mol. The third-order valence-electron chi connectivity index (χ3n) is 3.86. The van der Waals surface area contributed by atoms with Crippen molar-refractivity contribution in [3.63, 3.8) is 0 Å². The molecule has 2 rings (SSSR count). The van der Waals surface area contributed by atoms with E-state index >= 15 is 0 Å². The molecular weight excluding hydrogens is 294 g/mol. The van der Waals surface area contributed by atoms with Gasteiger partial charge < -0.3 is 15.2 Å². The molecule has 1 fully saturated rings. The van der Waals surface area contributed by atoms with Gasteiger partial charge in [-0.15, -0.1) is 0 Å². The molecule has 114 valence electrons. The zero-order valence-corrected chi connectivity index (χ0v) is 12.6. The van der Waals surface area contributed by atoms with Crippen molar-refractivity contribution >= 4 is 23.5 Å². The van der Waals surface area contributed by atoms with Crippen molar-refractivity contribution in [2.45, 2.75) is 37.6 Å². The van der Waals surface area contributed by atoms with E-state index in [4.69, 9.17) is 16.3 Å². The number of benzene rings is 1. The average Bonchev–Trinajstić information content (AvgIpc) is 2.90. The van der Waals surface area contributed by atoms with Gasteiger partial charge in [-0.05, 0) is 30.5 Å². The SMILES string of the molecule is COc1ccc(CC(=O)NC2(C(=O)O)CCCC2)c(Cl)c1. The Kier molecular flexibility index (Phi) is 4.73. The number of nitrogens with one attached hydrogen (secondary N) is 1. The fourth-order valence-electron chi connectivity index (χ4n) is 2.65. The lowest BCUT2D eigenvalue weighted by molar-refractivity contribution is -0.147. The number of carboxylic acid groups (broad SMARTS) is 1. The molecule has 1 aromatic rings. The first-order chi connectivity index (χ1) is 9.97. The molecule has 6 heteroatoms. The second-order valence-corrected chi connectivity index (χ2v) is 5.68. The van der Waals surface area contributed by atoms with E-state index in [0.717, 1.165) is 12.8 Å². The maximum atomic E-state index is 12.1. The number of rotatable bonds is 5. The minimum Gasteiger partial charge on any atom is -0.497 e. The largest absolute Gasteiger partial charge is 0.497 e. The summed E-state index contributed by atoms with van der Waals surface area (Å²) in [6.07, 6.45) is 2.64. The van der Waals surface area contributed by atoms with Crippen molar-refractivity contribution in [3.05, 3.63) is 28.8 Å². The van der Waals surface area contributed by atoms with Crippen LogP contribution in [0.3, 0.4) is 0 Å². The second kappa shape index (κ2) is 6.35. The van der Waals surface area contributed by atoms with Gasteiger partial charge in [0.05, 0.1) is 13.5 Å². The van der Waals surface area contributed by atoms with Crippen LogP contribution in [-0.2, 0) is 16.0 Å². The predicted octanol–water partition coefficient (Wildman–Crippen LogP) is 2.40. The maximum absolute atomic E-state index is 12.1. The van der Waals surface area contributed by atoms with E-state index in [2.05, 4.69) is 5.32 Å². The first-order valence-electron chi connectivity index (χ1n) is 6.84. The topological polar surface area (TPSA) is 75.6 Å². The summed E-state index contributed by atoms with van der Waals surface area (Å²) in [6, 6.07) is 5.06. The van der Waals surface area contributed by atoms with Gasteiger partial charge in [0, 0.05) is 5.02 Å². The summed E-state index contributed by atoms with van der Waals surface area (Å²) in [6.45, 7) is 0. The molecule has 0 radical (unpaired) electrons. The third kappa shape index (κ3) is 3.47. The second-order valence-electron chi connectivity index (χ2n) is 5.28. The van der Waals surface area contributed by atoms with Crippen LogP contribution in [0.4, 0.5) is 0 Å². The van der Waals surface area contributed by atoms with Crippen molar-refractivity contribution in [1.82, 2.24) is 5.32 Å². The van der Waals surface area contributed by atoms with E-state index in [0.29, 0.717) is 29.2 Å². The van der Waals surface area contributed by atoms with Gasteiger partial charge in [0.1, 0.15) is 11.3 Å². The lowest BCUT2D eigenvalue weighted by atomic mass is 9.97. The summed E-state index contributed by atoms with van der Waals surface area (Å²) >= 11 is 6.09. The molecule has 1 aromatic carbocycles. The predicted molar refractivity (Wildman–Crippen MR) is 78.7 cm³/mol. The molecule has 1 aliphatic carbocycles. The van der Waals surface area contributed by atoms with E-state index in [1.807, 2.05) is 0 Å². The van der Waals surface area contributed by atoms with Gasteiger partial charge in [-0.1, -0.05) is 30.5 Å². The number of methoxy groups -OCH3 is 1. The summed E-state index contributed by atoms with van der Waals surface area (Å²) < 4.78 is 5.05. The Balaban J connectivity index is 2.06. The quantitative estimate of drug-likeness (QED) is 0.875. The summed E-state index contributed by atoms with van der Waals surface area (Å²) in [5, 5.41) is 12.4. The van der Waals surface area contributed by atoms with Crippen molar-refractivity contribution in [2.75, 3.05) is 7.11 Å². The summed E-state index contributed by atoms with van der Waals surface area (Å²) in [7, 11) is 1.54. The summed E-state index contributed by atoms with van der Waals surface area (Å²) in [5.41, 5.74) is -0.468. The third-order valence-corrected chi connectivity index (χ3v) is 4.21. The van der Waals surface area contributed by atoms with Crippen LogP contribution in [0.5, 0.6) is 5.75 Å². The van der Waals surface area contributed by atoms with Gasteiger partial charge in [-0.3, -0.25) is 4.79 Å². The molecule has 5 nitrogen and oxygen atoms in total. The zero-order valence-electron chi connectivity index (χ0n) is 11.8. The standard InChI is InChI=1S/C15H18ClNO4/c1-21-11-5-4-10(12(16)9-11)8-13(18)17-15(14(19)20)6-2-3-7-15/h4-5,9H,2-3,6-8H2,1H3,(H,17,18)(H,19,20). The fourth-order valence-corrected chi connectivity index (χ4v) is 2.89. The van der Waals surface area contributed by atoms with E-state index in [-0.39, 0.29) is 12.3 Å². The van der Waals surface area contributed by atoms with Gasteiger partial charge >= 0.3 is 5.97 Å². The van der Waals surface area contributed by atoms with Gasteiger partial charge in [0.2, 0.25) is 5.91 Å². The Morgan fingerprint density at radius 2 is 2.05 bits per heavy atom. The molecule has 1 amide bonds. The van der Waals surface area contributed by atoms with Gasteiger partial charge in [0.15, 0.2) is 0 Å². The highest BCUT2D eigenvalue weighted by molar-refractivity contribution is 6.31. The number of carbonyl (C=O) groups is 2. The lowest BCUT2D eigenvalue weighted by Crippen LogP contribution is -2.52. The number of aliphatic carboxylic acids is 1. The summed E-state index contributed by atoms with van der Waals surface area (Å²) in [5.74, 6) is -0.678. The first-order valence-corrected chi connectivity index (χ1v) is 7.21. The Bertz CT molecular complexity index is 553. The number of hydrogen-bond donors (Lipinski definition) is 2. The highest BCUT2D eigenvalue weighted by atomic mass is 35.5. The molecule has 0 saturated heterocycles. The number of carbonyl (C=O) groups excluding carboxylic acids is 1. The number of amides is 1. The van der Waals surface area contributed by atoms with Crippen molar-refractivity contribution < 1.29 is 19.4 Å². The van der Waals surface area contributed by atoms with Crippen LogP contribution in [0.15, 0.2) is 18.2 Å². The van der Waals surface area contributed by atoms with Crippen LogP contribution in [0.1, 0.15) is 31.2 Å². The van der Waals surface area contributed by atoms with Gasteiger partial charge in [0.25, 0.3) is 0 Å². The fraction of sp³-hybridized carbons (Fsp3) is 0.467. The van der Waals surface area contributed by atoms with Gasteiger partial charge in [-0.2, -0.15) is 0 Å². The molecule has 0 aromatic heterocycles. The molecule has 0 heterocycles.